The summed E-state index contributed by atoms with van der Waals surface area (Å²) in [6.07, 6.45) is 3.35. The van der Waals surface area contributed by atoms with Gasteiger partial charge in [-0.1, -0.05) is 6.07 Å². The average molecular weight is 376 g/mol. The van der Waals surface area contributed by atoms with Crippen LogP contribution in [0.15, 0.2) is 64.3 Å². The second-order valence-corrected chi connectivity index (χ2v) is 6.84. The number of hydrogen-bond donors (Lipinski definition) is 1. The Labute approximate surface area is 159 Å². The summed E-state index contributed by atoms with van der Waals surface area (Å²) >= 11 is 1.60. The first-order valence-electron chi connectivity index (χ1n) is 8.37. The molecule has 134 valence electrons. The van der Waals surface area contributed by atoms with Crippen molar-refractivity contribution in [3.8, 4) is 11.3 Å². The molecule has 0 spiro atoms. The summed E-state index contributed by atoms with van der Waals surface area (Å²) in [6, 6.07) is 10.6. The summed E-state index contributed by atoms with van der Waals surface area (Å²) in [4.78, 5) is 33.7. The maximum atomic E-state index is 12.8. The van der Waals surface area contributed by atoms with E-state index in [1.165, 1.54) is 10.5 Å². The Bertz CT molecular complexity index is 1180. The number of rotatable bonds is 4. The Kier molecular flexibility index (Phi) is 4.52. The summed E-state index contributed by atoms with van der Waals surface area (Å²) in [6.45, 7) is 2.06. The normalized spacial score (nSPS) is 10.9. The Morgan fingerprint density at radius 2 is 2.15 bits per heavy atom. The van der Waals surface area contributed by atoms with Gasteiger partial charge in [-0.2, -0.15) is 11.3 Å². The van der Waals surface area contributed by atoms with Gasteiger partial charge in [-0.3, -0.25) is 19.0 Å². The Morgan fingerprint density at radius 3 is 2.96 bits per heavy atom. The molecule has 4 aromatic rings. The first kappa shape index (κ1) is 17.1. The maximum Gasteiger partial charge on any atom is 0.258 e. The summed E-state index contributed by atoms with van der Waals surface area (Å²) in [7, 11) is 0. The van der Waals surface area contributed by atoms with E-state index in [1.54, 1.807) is 42.8 Å². The lowest BCUT2D eigenvalue weighted by atomic mass is 10.1. The van der Waals surface area contributed by atoms with Crippen LogP contribution in [-0.2, 0) is 6.54 Å². The van der Waals surface area contributed by atoms with Gasteiger partial charge in [-0.05, 0) is 42.1 Å². The number of hydrogen-bond acceptors (Lipinski definition) is 5. The van der Waals surface area contributed by atoms with Gasteiger partial charge in [-0.15, -0.1) is 0 Å². The highest BCUT2D eigenvalue weighted by Crippen LogP contribution is 2.23. The Balaban J connectivity index is 1.64. The van der Waals surface area contributed by atoms with Gasteiger partial charge in [0, 0.05) is 41.6 Å². The van der Waals surface area contributed by atoms with Gasteiger partial charge in [0.2, 0.25) is 0 Å². The van der Waals surface area contributed by atoms with Crippen LogP contribution in [0, 0.1) is 6.92 Å². The first-order chi connectivity index (χ1) is 13.1. The molecule has 0 saturated heterocycles. The van der Waals surface area contributed by atoms with Crippen molar-refractivity contribution in [1.29, 1.82) is 0 Å². The molecule has 0 fully saturated rings. The molecule has 27 heavy (non-hydrogen) atoms. The van der Waals surface area contributed by atoms with E-state index in [4.69, 9.17) is 0 Å². The van der Waals surface area contributed by atoms with E-state index >= 15 is 0 Å². The zero-order chi connectivity index (χ0) is 18.8. The Hall–Kier alpha value is -3.32. The zero-order valence-electron chi connectivity index (χ0n) is 14.5. The Morgan fingerprint density at radius 1 is 1.26 bits per heavy atom. The highest BCUT2D eigenvalue weighted by molar-refractivity contribution is 7.08. The lowest BCUT2D eigenvalue weighted by molar-refractivity contribution is 0.0952. The number of amides is 1. The van der Waals surface area contributed by atoms with Gasteiger partial charge >= 0.3 is 0 Å². The number of pyridine rings is 2. The number of aryl methyl sites for hydroxylation is 1. The minimum Gasteiger partial charge on any atom is -0.348 e. The number of nitrogens with one attached hydrogen (secondary N) is 1. The molecule has 6 nitrogen and oxygen atoms in total. The molecule has 0 unspecified atom stereocenters. The number of nitrogens with zero attached hydrogens (tertiary/aromatic N) is 3. The van der Waals surface area contributed by atoms with Crippen molar-refractivity contribution >= 4 is 22.9 Å². The number of carbonyl (C=O) groups excluding carboxylic acids is 1. The smallest absolute Gasteiger partial charge is 0.258 e. The van der Waals surface area contributed by atoms with E-state index in [0.29, 0.717) is 23.4 Å². The van der Waals surface area contributed by atoms with Crippen LogP contribution in [0.4, 0.5) is 0 Å². The number of carbonyl (C=O) groups is 1. The summed E-state index contributed by atoms with van der Waals surface area (Å²) in [5.41, 5.74) is 3.88. The molecule has 4 rings (SSSR count). The fraction of sp³-hybridized carbons (Fsp3) is 0.100. The summed E-state index contributed by atoms with van der Waals surface area (Å²) in [5.74, 6) is -0.286. The second kappa shape index (κ2) is 7.13. The van der Waals surface area contributed by atoms with Gasteiger partial charge < -0.3 is 5.32 Å². The van der Waals surface area contributed by atoms with Crippen LogP contribution in [0.2, 0.25) is 0 Å². The molecular formula is C20H16N4O2S. The van der Waals surface area contributed by atoms with Crippen molar-refractivity contribution in [2.24, 2.45) is 0 Å². The van der Waals surface area contributed by atoms with E-state index in [-0.39, 0.29) is 11.5 Å². The van der Waals surface area contributed by atoms with E-state index < -0.39 is 0 Å². The second-order valence-electron chi connectivity index (χ2n) is 6.06. The lowest BCUT2D eigenvalue weighted by Crippen LogP contribution is -2.26. The summed E-state index contributed by atoms with van der Waals surface area (Å²) in [5, 5.41) is 6.94. The monoisotopic (exact) mass is 376 g/mol. The van der Waals surface area contributed by atoms with E-state index in [0.717, 1.165) is 16.8 Å². The molecule has 0 saturated carbocycles. The standard InChI is InChI=1S/C20H16N4O2S/c1-13-10-17(25)24-8-3-5-16(19(24)23-13)20(26)22-11-14-4-2-7-21-18(14)15-6-9-27-12-15/h2-10,12H,11H2,1H3,(H,22,26). The van der Waals surface area contributed by atoms with E-state index in [9.17, 15) is 9.59 Å². The van der Waals surface area contributed by atoms with E-state index in [2.05, 4.69) is 15.3 Å². The molecule has 0 aliphatic carbocycles. The van der Waals surface area contributed by atoms with Gasteiger partial charge in [-0.25, -0.2) is 4.98 Å². The number of fused-ring (bicyclic) bond motifs is 1. The molecule has 4 heterocycles. The molecule has 7 heteroatoms. The van der Waals surface area contributed by atoms with Crippen LogP contribution in [0.3, 0.4) is 0 Å². The predicted octanol–water partition coefficient (Wildman–Crippen LogP) is 3.06. The van der Waals surface area contributed by atoms with Crippen molar-refractivity contribution < 1.29 is 4.79 Å². The largest absolute Gasteiger partial charge is 0.348 e. The van der Waals surface area contributed by atoms with Crippen molar-refractivity contribution in [3.05, 3.63) is 86.7 Å². The number of aromatic nitrogens is 3. The molecule has 1 N–H and O–H groups in total. The fourth-order valence-electron chi connectivity index (χ4n) is 2.93. The van der Waals surface area contributed by atoms with Gasteiger partial charge in [0.1, 0.15) is 0 Å². The van der Waals surface area contributed by atoms with Crippen LogP contribution in [0.5, 0.6) is 0 Å². The van der Waals surface area contributed by atoms with Crippen LogP contribution in [-0.4, -0.2) is 20.3 Å². The van der Waals surface area contributed by atoms with Crippen LogP contribution >= 0.6 is 11.3 Å². The molecule has 0 aliphatic heterocycles. The SMILES string of the molecule is Cc1cc(=O)n2cccc(C(=O)NCc3cccnc3-c3ccsc3)c2n1. The minimum absolute atomic E-state index is 0.209. The van der Waals surface area contributed by atoms with Gasteiger partial charge in [0.15, 0.2) is 5.65 Å². The first-order valence-corrected chi connectivity index (χ1v) is 9.31. The van der Waals surface area contributed by atoms with Crippen LogP contribution in [0.1, 0.15) is 21.6 Å². The van der Waals surface area contributed by atoms with Gasteiger partial charge in [0.25, 0.3) is 11.5 Å². The van der Waals surface area contributed by atoms with Crippen molar-refractivity contribution in [1.82, 2.24) is 19.7 Å². The lowest BCUT2D eigenvalue weighted by Gasteiger charge is -2.10. The average Bonchev–Trinajstić information content (AvgIpc) is 3.20. The molecule has 0 bridgehead atoms. The van der Waals surface area contributed by atoms with E-state index in [1.807, 2.05) is 29.0 Å². The van der Waals surface area contributed by atoms with Crippen molar-refractivity contribution in [2.75, 3.05) is 0 Å². The van der Waals surface area contributed by atoms with Gasteiger partial charge in [0.05, 0.1) is 11.3 Å². The van der Waals surface area contributed by atoms with Crippen LogP contribution in [0.25, 0.3) is 16.9 Å². The third-order valence-corrected chi connectivity index (χ3v) is 4.87. The summed E-state index contributed by atoms with van der Waals surface area (Å²) < 4.78 is 1.38. The topological polar surface area (TPSA) is 76.4 Å². The predicted molar refractivity (Wildman–Crippen MR) is 105 cm³/mol. The highest BCUT2D eigenvalue weighted by atomic mass is 32.1. The molecule has 4 aromatic heterocycles. The molecule has 0 aromatic carbocycles. The molecule has 0 radical (unpaired) electrons. The highest BCUT2D eigenvalue weighted by Gasteiger charge is 2.14. The van der Waals surface area contributed by atoms with Crippen LogP contribution < -0.4 is 10.9 Å². The third-order valence-electron chi connectivity index (χ3n) is 4.19. The quantitative estimate of drug-likeness (QED) is 0.594. The number of thiophene rings is 1. The van der Waals surface area contributed by atoms with Crippen molar-refractivity contribution in [2.45, 2.75) is 13.5 Å². The molecule has 0 aliphatic rings. The maximum absolute atomic E-state index is 12.8. The fourth-order valence-corrected chi connectivity index (χ4v) is 3.57. The molecular weight excluding hydrogens is 360 g/mol. The minimum atomic E-state index is -0.286. The third kappa shape index (κ3) is 3.37. The zero-order valence-corrected chi connectivity index (χ0v) is 15.4. The molecule has 1 amide bonds. The molecule has 0 atom stereocenters. The van der Waals surface area contributed by atoms with Crippen molar-refractivity contribution in [3.63, 3.8) is 0 Å².